The van der Waals surface area contributed by atoms with Crippen molar-refractivity contribution in [1.29, 1.82) is 0 Å². The fraction of sp³-hybridized carbons (Fsp3) is 0.659. The van der Waals surface area contributed by atoms with Crippen LogP contribution in [0.4, 0.5) is 9.59 Å². The van der Waals surface area contributed by atoms with Gasteiger partial charge in [-0.25, -0.2) is 14.6 Å². The highest BCUT2D eigenvalue weighted by Crippen LogP contribution is 2.44. The molecule has 1 aromatic carbocycles. The summed E-state index contributed by atoms with van der Waals surface area (Å²) in [6.07, 6.45) is 2.81. The summed E-state index contributed by atoms with van der Waals surface area (Å²) >= 11 is 1.38. The number of aromatic nitrogens is 1. The maximum absolute atomic E-state index is 15.3. The van der Waals surface area contributed by atoms with Crippen molar-refractivity contribution in [3.05, 3.63) is 46.0 Å². The van der Waals surface area contributed by atoms with Gasteiger partial charge in [-0.3, -0.25) is 9.69 Å². The molecule has 2 bridgehead atoms. The molecule has 12 nitrogen and oxygen atoms in total. The van der Waals surface area contributed by atoms with Crippen LogP contribution >= 0.6 is 11.3 Å². The van der Waals surface area contributed by atoms with E-state index < -0.39 is 43.8 Å². The van der Waals surface area contributed by atoms with Gasteiger partial charge in [0.1, 0.15) is 23.6 Å². The van der Waals surface area contributed by atoms with Crippen molar-refractivity contribution >= 4 is 43.3 Å². The number of nitrogens with zero attached hydrogens (tertiary/aromatic N) is 4. The van der Waals surface area contributed by atoms with Crippen LogP contribution in [0, 0.1) is 6.92 Å². The number of carbonyl (C=O) groups excluding carboxylic acids is 3. The third-order valence-electron chi connectivity index (χ3n) is 10.7. The number of benzene rings is 1. The number of amides is 3. The lowest BCUT2D eigenvalue weighted by Gasteiger charge is -2.51. The Morgan fingerprint density at radius 3 is 2.20 bits per heavy atom. The number of methoxy groups -OCH3 is 1. The lowest BCUT2D eigenvalue weighted by Crippen LogP contribution is -2.66. The van der Waals surface area contributed by atoms with Gasteiger partial charge >= 0.3 is 12.2 Å². The zero-order valence-electron chi connectivity index (χ0n) is 35.2. The highest BCUT2D eigenvalue weighted by Gasteiger charge is 2.51. The summed E-state index contributed by atoms with van der Waals surface area (Å²) in [5.41, 5.74) is 1.72. The van der Waals surface area contributed by atoms with Crippen LogP contribution in [0.25, 0.3) is 5.57 Å². The van der Waals surface area contributed by atoms with Gasteiger partial charge in [-0.05, 0) is 109 Å². The van der Waals surface area contributed by atoms with E-state index in [1.807, 2.05) is 71.6 Å². The van der Waals surface area contributed by atoms with E-state index in [0.717, 1.165) is 40.2 Å². The van der Waals surface area contributed by atoms with Crippen molar-refractivity contribution in [2.24, 2.45) is 0 Å². The number of hydrogen-bond acceptors (Lipinski definition) is 10. The Bertz CT molecular complexity index is 1770. The van der Waals surface area contributed by atoms with E-state index >= 15 is 4.79 Å². The minimum Gasteiger partial charge on any atom is -0.496 e. The Morgan fingerprint density at radius 2 is 1.60 bits per heavy atom. The SMILES string of the molecule is COc1cccc(CN(C(=O)C2=C(c3cnc(OCCO[Si](C)(C)C(C)(C)C)s3)CC3CN(C(=O)OC(C)(C)C)C[C@H]2N3C(=O)OC(C)(C)C)C2CC2)c1C. The predicted octanol–water partition coefficient (Wildman–Crippen LogP) is 8.43. The predicted molar refractivity (Wildman–Crippen MR) is 217 cm³/mol. The minimum absolute atomic E-state index is 0.0337. The minimum atomic E-state index is -1.94. The summed E-state index contributed by atoms with van der Waals surface area (Å²) < 4.78 is 29.9. The van der Waals surface area contributed by atoms with Crippen LogP contribution in [0.5, 0.6) is 10.9 Å². The Morgan fingerprint density at radius 1 is 0.945 bits per heavy atom. The molecule has 0 N–H and O–H groups in total. The van der Waals surface area contributed by atoms with E-state index in [9.17, 15) is 9.59 Å². The van der Waals surface area contributed by atoms with E-state index in [2.05, 4.69) is 38.8 Å². The van der Waals surface area contributed by atoms with Crippen LogP contribution in [0.2, 0.25) is 18.1 Å². The quantitative estimate of drug-likeness (QED) is 0.163. The summed E-state index contributed by atoms with van der Waals surface area (Å²) in [4.78, 5) is 53.8. The van der Waals surface area contributed by atoms with Gasteiger partial charge in [0.25, 0.3) is 11.1 Å². The molecule has 14 heteroatoms. The number of carbonyl (C=O) groups is 3. The second-order valence-corrected chi connectivity index (χ2v) is 24.2. The normalized spacial score (nSPS) is 19.3. The van der Waals surface area contributed by atoms with Crippen LogP contribution in [0.1, 0.15) is 97.6 Å². The third-order valence-corrected chi connectivity index (χ3v) is 16.2. The fourth-order valence-corrected chi connectivity index (χ4v) is 8.61. The second kappa shape index (κ2) is 16.1. The lowest BCUT2D eigenvalue weighted by molar-refractivity contribution is -0.129. The molecule has 304 valence electrons. The van der Waals surface area contributed by atoms with Crippen molar-refractivity contribution in [3.8, 4) is 10.9 Å². The van der Waals surface area contributed by atoms with Gasteiger partial charge in [0.2, 0.25) is 0 Å². The first-order valence-electron chi connectivity index (χ1n) is 19.4. The first-order valence-corrected chi connectivity index (χ1v) is 23.1. The molecule has 0 spiro atoms. The van der Waals surface area contributed by atoms with Gasteiger partial charge in [0.05, 0.1) is 30.7 Å². The number of ether oxygens (including phenoxy) is 4. The number of rotatable bonds is 11. The van der Waals surface area contributed by atoms with Gasteiger partial charge in [0.15, 0.2) is 8.32 Å². The molecule has 3 amide bonds. The molecule has 2 fully saturated rings. The standard InChI is InChI=1S/C41H62N4O8SSi/c1-26-27(15-14-16-32(26)49-11)23-44(28-17-18-28)35(46)34-30(33-22-42-36(54-33)50-19-20-51-55(12,13)41(8,9)10)21-29-24-43(37(47)52-39(2,3)4)25-31(34)45(29)38(48)53-40(5,6)7/h14-16,22,28-29,31H,17-21,23-25H2,1-13H3/t29?,31-/m1/s1. The summed E-state index contributed by atoms with van der Waals surface area (Å²) in [5, 5.41) is 0.566. The van der Waals surface area contributed by atoms with Gasteiger partial charge in [-0.1, -0.05) is 44.2 Å². The summed E-state index contributed by atoms with van der Waals surface area (Å²) in [5.74, 6) is 0.575. The fourth-order valence-electron chi connectivity index (χ4n) is 6.73. The van der Waals surface area contributed by atoms with E-state index in [4.69, 9.17) is 23.4 Å². The highest BCUT2D eigenvalue weighted by molar-refractivity contribution is 7.14. The van der Waals surface area contributed by atoms with E-state index in [-0.39, 0.29) is 30.1 Å². The van der Waals surface area contributed by atoms with Crippen LogP contribution in [0.3, 0.4) is 0 Å². The van der Waals surface area contributed by atoms with Gasteiger partial charge in [0, 0.05) is 37.4 Å². The maximum atomic E-state index is 15.3. The van der Waals surface area contributed by atoms with Crippen LogP contribution < -0.4 is 9.47 Å². The molecule has 1 aromatic heterocycles. The van der Waals surface area contributed by atoms with Crippen LogP contribution in [-0.2, 0) is 25.2 Å². The third kappa shape index (κ3) is 10.2. The Kier molecular flexibility index (Phi) is 12.4. The van der Waals surface area contributed by atoms with Crippen LogP contribution in [-0.4, -0.2) is 109 Å². The van der Waals surface area contributed by atoms with Gasteiger partial charge in [-0.2, -0.15) is 0 Å². The summed E-state index contributed by atoms with van der Waals surface area (Å²) in [6, 6.07) is 4.63. The Labute approximate surface area is 332 Å². The average Bonchev–Trinajstić information content (AvgIpc) is 3.79. The lowest BCUT2D eigenvalue weighted by atomic mass is 9.83. The highest BCUT2D eigenvalue weighted by atomic mass is 32.1. The topological polar surface area (TPSA) is 120 Å². The molecule has 5 rings (SSSR count). The first-order chi connectivity index (χ1) is 25.5. The zero-order valence-corrected chi connectivity index (χ0v) is 37.0. The largest absolute Gasteiger partial charge is 0.496 e. The molecule has 2 aliphatic heterocycles. The molecule has 2 aromatic rings. The molecule has 2 atom stereocenters. The molecule has 55 heavy (non-hydrogen) atoms. The monoisotopic (exact) mass is 798 g/mol. The molecule has 1 aliphatic carbocycles. The zero-order chi connectivity index (χ0) is 40.7. The molecule has 1 saturated carbocycles. The molecule has 1 unspecified atom stereocenters. The van der Waals surface area contributed by atoms with Crippen molar-refractivity contribution in [2.75, 3.05) is 33.4 Å². The first kappa shape index (κ1) is 42.5. The molecular weight excluding hydrogens is 737 g/mol. The Balaban J connectivity index is 1.56. The van der Waals surface area contributed by atoms with Gasteiger partial charge in [-0.15, -0.1) is 0 Å². The summed E-state index contributed by atoms with van der Waals surface area (Å²) in [7, 11) is -0.300. The number of thiazole rings is 1. The van der Waals surface area contributed by atoms with E-state index in [1.54, 1.807) is 23.1 Å². The van der Waals surface area contributed by atoms with Crippen molar-refractivity contribution in [1.82, 2.24) is 19.7 Å². The number of piperazine rings is 1. The van der Waals surface area contributed by atoms with Crippen molar-refractivity contribution in [2.45, 2.75) is 143 Å². The molecular formula is C41H62N4O8SSi. The summed E-state index contributed by atoms with van der Waals surface area (Å²) in [6.45, 7) is 25.5. The molecule has 3 heterocycles. The molecule has 0 radical (unpaired) electrons. The number of hydrogen-bond donors (Lipinski definition) is 0. The smallest absolute Gasteiger partial charge is 0.411 e. The van der Waals surface area contributed by atoms with Crippen molar-refractivity contribution < 1.29 is 37.8 Å². The van der Waals surface area contributed by atoms with Gasteiger partial charge < -0.3 is 33.2 Å². The molecule has 3 aliphatic rings. The van der Waals surface area contributed by atoms with E-state index in [1.165, 1.54) is 11.3 Å². The van der Waals surface area contributed by atoms with Crippen molar-refractivity contribution in [3.63, 3.8) is 0 Å². The maximum Gasteiger partial charge on any atom is 0.411 e. The number of fused-ring (bicyclic) bond motifs is 2. The van der Waals surface area contributed by atoms with Crippen LogP contribution in [0.15, 0.2) is 30.0 Å². The Hall–Kier alpha value is -3.62. The average molecular weight is 799 g/mol. The van der Waals surface area contributed by atoms with E-state index in [0.29, 0.717) is 36.9 Å². The second-order valence-electron chi connectivity index (χ2n) is 18.4. The molecule has 1 saturated heterocycles.